The van der Waals surface area contributed by atoms with Gasteiger partial charge in [-0.1, -0.05) is 52.3 Å². The van der Waals surface area contributed by atoms with Crippen molar-refractivity contribution in [3.63, 3.8) is 0 Å². The molecule has 0 spiro atoms. The maximum Gasteiger partial charge on any atom is 0.252 e. The molecule has 176 valence electrons. The summed E-state index contributed by atoms with van der Waals surface area (Å²) in [6, 6.07) is 21.3. The minimum atomic E-state index is -4.14. The van der Waals surface area contributed by atoms with Gasteiger partial charge in [0.25, 0.3) is 5.91 Å². The first-order valence-corrected chi connectivity index (χ1v) is 13.1. The molecule has 0 bridgehead atoms. The van der Waals surface area contributed by atoms with Crippen molar-refractivity contribution in [1.29, 1.82) is 0 Å². The van der Waals surface area contributed by atoms with Crippen LogP contribution in [0.3, 0.4) is 0 Å². The number of hydrogen-bond acceptors (Lipinski definition) is 5. The topological polar surface area (TPSA) is 87.6 Å². The fourth-order valence-corrected chi connectivity index (χ4v) is 6.07. The maximum atomic E-state index is 13.9. The van der Waals surface area contributed by atoms with Crippen molar-refractivity contribution in [2.45, 2.75) is 23.9 Å². The molecule has 0 radical (unpaired) electrons. The molecule has 9 heteroatoms. The fraction of sp³-hybridized carbons (Fsp3) is 0.115. The fourth-order valence-electron chi connectivity index (χ4n) is 4.20. The highest BCUT2D eigenvalue weighted by atomic mass is 79.9. The number of rotatable bonds is 6. The molecule has 7 nitrogen and oxygen atoms in total. The largest absolute Gasteiger partial charge is 0.274 e. The minimum absolute atomic E-state index is 0.0578. The molecule has 3 aromatic carbocycles. The van der Waals surface area contributed by atoms with Crippen LogP contribution < -0.4 is 4.90 Å². The Morgan fingerprint density at radius 2 is 1.69 bits per heavy atom. The Balaban J connectivity index is 1.57. The number of pyridine rings is 1. The van der Waals surface area contributed by atoms with Crippen molar-refractivity contribution >= 4 is 54.2 Å². The van der Waals surface area contributed by atoms with E-state index in [0.717, 1.165) is 24.5 Å². The zero-order chi connectivity index (χ0) is 24.6. The molecule has 1 unspecified atom stereocenters. The molecule has 2 heterocycles. The quantitative estimate of drug-likeness (QED) is 0.330. The van der Waals surface area contributed by atoms with Crippen molar-refractivity contribution in [3.05, 3.63) is 101 Å². The van der Waals surface area contributed by atoms with E-state index in [1.807, 2.05) is 24.3 Å². The van der Waals surface area contributed by atoms with Crippen molar-refractivity contribution < 1.29 is 18.0 Å². The highest BCUT2D eigenvalue weighted by Gasteiger charge is 2.47. The summed E-state index contributed by atoms with van der Waals surface area (Å²) in [6.45, 7) is -0.0964. The van der Waals surface area contributed by atoms with E-state index in [0.29, 0.717) is 11.3 Å². The number of benzene rings is 3. The molecular formula is C26H20BrN3O4S. The molecule has 1 aliphatic heterocycles. The van der Waals surface area contributed by atoms with Crippen LogP contribution in [0.25, 0.3) is 10.8 Å². The molecule has 1 saturated heterocycles. The molecule has 2 amide bonds. The normalized spacial score (nSPS) is 16.4. The Morgan fingerprint density at radius 3 is 2.40 bits per heavy atom. The van der Waals surface area contributed by atoms with Gasteiger partial charge in [0.15, 0.2) is 0 Å². The van der Waals surface area contributed by atoms with Crippen molar-refractivity contribution in [1.82, 2.24) is 9.29 Å². The highest BCUT2D eigenvalue weighted by molar-refractivity contribution is 9.10. The van der Waals surface area contributed by atoms with Crippen LogP contribution in [-0.4, -0.2) is 35.6 Å². The monoisotopic (exact) mass is 549 g/mol. The van der Waals surface area contributed by atoms with Gasteiger partial charge in [0, 0.05) is 23.4 Å². The van der Waals surface area contributed by atoms with Crippen LogP contribution in [0, 0.1) is 0 Å². The number of imide groups is 1. The lowest BCUT2D eigenvalue weighted by atomic mass is 10.1. The zero-order valence-electron chi connectivity index (χ0n) is 18.4. The SMILES string of the molecule is O=C1CC(N(Cc2cccnc2)S(=O)(=O)c2ccc3ccccc3c2)C(=O)N1c1ccc(Br)cc1. The number of hydrogen-bond donors (Lipinski definition) is 0. The van der Waals surface area contributed by atoms with Gasteiger partial charge >= 0.3 is 0 Å². The molecule has 1 aromatic heterocycles. The highest BCUT2D eigenvalue weighted by Crippen LogP contribution is 2.32. The molecule has 35 heavy (non-hydrogen) atoms. The van der Waals surface area contributed by atoms with Crippen LogP contribution in [0.2, 0.25) is 0 Å². The molecular weight excluding hydrogens is 530 g/mol. The second kappa shape index (κ2) is 9.33. The number of fused-ring (bicyclic) bond motifs is 1. The summed E-state index contributed by atoms with van der Waals surface area (Å²) in [6.07, 6.45) is 2.89. The van der Waals surface area contributed by atoms with E-state index >= 15 is 0 Å². The van der Waals surface area contributed by atoms with Gasteiger partial charge in [-0.2, -0.15) is 4.31 Å². The van der Waals surface area contributed by atoms with Gasteiger partial charge in [0.05, 0.1) is 17.0 Å². The predicted molar refractivity (Wildman–Crippen MR) is 136 cm³/mol. The number of carbonyl (C=O) groups excluding carboxylic acids is 2. The maximum absolute atomic E-state index is 13.9. The Hall–Kier alpha value is -3.40. The summed E-state index contributed by atoms with van der Waals surface area (Å²) in [4.78, 5) is 31.6. The molecule has 5 rings (SSSR count). The second-order valence-electron chi connectivity index (χ2n) is 8.18. The summed E-state index contributed by atoms with van der Waals surface area (Å²) >= 11 is 3.34. The molecule has 0 saturated carbocycles. The number of halogens is 1. The molecule has 1 fully saturated rings. The summed E-state index contributed by atoms with van der Waals surface area (Å²) in [5.41, 5.74) is 1.01. The number of carbonyl (C=O) groups is 2. The van der Waals surface area contributed by atoms with Gasteiger partial charge in [-0.3, -0.25) is 14.6 Å². The minimum Gasteiger partial charge on any atom is -0.274 e. The molecule has 4 aromatic rings. The van der Waals surface area contributed by atoms with Crippen LogP contribution >= 0.6 is 15.9 Å². The Labute approximate surface area is 211 Å². The van der Waals surface area contributed by atoms with E-state index in [9.17, 15) is 18.0 Å². The Kier molecular flexibility index (Phi) is 6.22. The Bertz CT molecular complexity index is 1530. The summed E-state index contributed by atoms with van der Waals surface area (Å²) in [5.74, 6) is -1.03. The van der Waals surface area contributed by atoms with Crippen molar-refractivity contribution in [2.75, 3.05) is 4.90 Å². The third-order valence-electron chi connectivity index (χ3n) is 5.94. The second-order valence-corrected chi connectivity index (χ2v) is 11.0. The third kappa shape index (κ3) is 4.50. The van der Waals surface area contributed by atoms with E-state index in [-0.39, 0.29) is 17.9 Å². The van der Waals surface area contributed by atoms with E-state index in [1.54, 1.807) is 60.9 Å². The van der Waals surface area contributed by atoms with Crippen molar-refractivity contribution in [3.8, 4) is 0 Å². The Morgan fingerprint density at radius 1 is 0.943 bits per heavy atom. The number of aromatic nitrogens is 1. The van der Waals surface area contributed by atoms with Gasteiger partial charge in [0.2, 0.25) is 15.9 Å². The van der Waals surface area contributed by atoms with E-state index in [4.69, 9.17) is 0 Å². The number of amides is 2. The van der Waals surface area contributed by atoms with Crippen LogP contribution in [0.15, 0.2) is 101 Å². The van der Waals surface area contributed by atoms with E-state index in [1.165, 1.54) is 6.07 Å². The van der Waals surface area contributed by atoms with Gasteiger partial charge in [-0.25, -0.2) is 13.3 Å². The number of nitrogens with zero attached hydrogens (tertiary/aromatic N) is 3. The summed E-state index contributed by atoms with van der Waals surface area (Å²) in [7, 11) is -4.14. The average molecular weight is 550 g/mol. The van der Waals surface area contributed by atoms with Gasteiger partial charge in [0.1, 0.15) is 6.04 Å². The molecule has 0 aliphatic carbocycles. The lowest BCUT2D eigenvalue weighted by Crippen LogP contribution is -2.45. The number of anilines is 1. The third-order valence-corrected chi connectivity index (χ3v) is 8.32. The van der Waals surface area contributed by atoms with Crippen LogP contribution in [0.4, 0.5) is 5.69 Å². The summed E-state index contributed by atoms with van der Waals surface area (Å²) < 4.78 is 29.8. The van der Waals surface area contributed by atoms with E-state index < -0.39 is 27.9 Å². The predicted octanol–water partition coefficient (Wildman–Crippen LogP) is 4.52. The van der Waals surface area contributed by atoms with E-state index in [2.05, 4.69) is 20.9 Å². The smallest absolute Gasteiger partial charge is 0.252 e. The zero-order valence-corrected chi connectivity index (χ0v) is 20.8. The molecule has 1 aliphatic rings. The number of sulfonamides is 1. The van der Waals surface area contributed by atoms with Gasteiger partial charge < -0.3 is 0 Å². The van der Waals surface area contributed by atoms with Crippen molar-refractivity contribution in [2.24, 2.45) is 0 Å². The molecule has 0 N–H and O–H groups in total. The van der Waals surface area contributed by atoms with Crippen LogP contribution in [0.5, 0.6) is 0 Å². The van der Waals surface area contributed by atoms with Crippen LogP contribution in [0.1, 0.15) is 12.0 Å². The first-order chi connectivity index (χ1) is 16.8. The summed E-state index contributed by atoms with van der Waals surface area (Å²) in [5, 5.41) is 1.67. The van der Waals surface area contributed by atoms with Gasteiger partial charge in [-0.05, 0) is 58.8 Å². The van der Waals surface area contributed by atoms with Gasteiger partial charge in [-0.15, -0.1) is 0 Å². The lowest BCUT2D eigenvalue weighted by Gasteiger charge is -2.27. The standard InChI is InChI=1S/C26H20BrN3O4S/c27-21-8-10-22(11-9-21)30-25(31)15-24(26(30)32)29(17-18-4-3-13-28-16-18)35(33,34)23-12-7-19-5-1-2-6-20(19)14-23/h1-14,16,24H,15,17H2. The first kappa shape index (κ1) is 23.3. The molecule has 1 atom stereocenters. The lowest BCUT2D eigenvalue weighted by molar-refractivity contribution is -0.122. The van der Waals surface area contributed by atoms with Crippen LogP contribution in [-0.2, 0) is 26.2 Å². The first-order valence-electron chi connectivity index (χ1n) is 10.9. The average Bonchev–Trinajstić information content (AvgIpc) is 3.16.